The molecule has 0 radical (unpaired) electrons. The van der Waals surface area contributed by atoms with E-state index in [9.17, 15) is 4.79 Å². The Kier molecular flexibility index (Phi) is 3.60. The van der Waals surface area contributed by atoms with Crippen LogP contribution < -0.4 is 5.73 Å². The molecule has 0 unspecified atom stereocenters. The van der Waals surface area contributed by atoms with Gasteiger partial charge in [0.15, 0.2) is 0 Å². The third-order valence-electron chi connectivity index (χ3n) is 5.34. The molecule has 0 spiro atoms. The van der Waals surface area contributed by atoms with Gasteiger partial charge in [-0.2, -0.15) is 0 Å². The van der Waals surface area contributed by atoms with Gasteiger partial charge in [0.05, 0.1) is 0 Å². The van der Waals surface area contributed by atoms with Crippen LogP contribution in [0.5, 0.6) is 0 Å². The van der Waals surface area contributed by atoms with E-state index in [4.69, 9.17) is 5.73 Å². The van der Waals surface area contributed by atoms with Gasteiger partial charge in [-0.3, -0.25) is 4.79 Å². The molecular weight excluding hydrogens is 224 g/mol. The quantitative estimate of drug-likeness (QED) is 0.833. The molecule has 2 N–H and O–H groups in total. The highest BCUT2D eigenvalue weighted by Crippen LogP contribution is 2.50. The van der Waals surface area contributed by atoms with Gasteiger partial charge in [-0.05, 0) is 37.1 Å². The highest BCUT2D eigenvalue weighted by Gasteiger charge is 2.49. The predicted molar refractivity (Wildman–Crippen MR) is 71.9 cm³/mol. The maximum absolute atomic E-state index is 12.4. The second-order valence-corrected chi connectivity index (χ2v) is 6.58. The monoisotopic (exact) mass is 250 g/mol. The van der Waals surface area contributed by atoms with Gasteiger partial charge in [-0.1, -0.05) is 32.1 Å². The summed E-state index contributed by atoms with van der Waals surface area (Å²) in [5.74, 6) is 2.97. The highest BCUT2D eigenvalue weighted by molar-refractivity contribution is 5.82. The standard InChI is InChI=1S/C15H26N2O/c16-9-11-6-7-17(10-11)15(18)14-8-13(14)12-4-2-1-3-5-12/h11-14H,1-10,16H2/t11-,13+,14+/m0/s1. The molecule has 1 aliphatic heterocycles. The van der Waals surface area contributed by atoms with Crippen LogP contribution in [0.4, 0.5) is 0 Å². The summed E-state index contributed by atoms with van der Waals surface area (Å²) in [6, 6.07) is 0. The molecule has 0 aromatic carbocycles. The van der Waals surface area contributed by atoms with Crippen molar-refractivity contribution in [2.24, 2.45) is 29.4 Å². The van der Waals surface area contributed by atoms with Gasteiger partial charge in [0, 0.05) is 19.0 Å². The smallest absolute Gasteiger partial charge is 0.225 e. The van der Waals surface area contributed by atoms with Gasteiger partial charge in [0.2, 0.25) is 5.91 Å². The number of carbonyl (C=O) groups is 1. The summed E-state index contributed by atoms with van der Waals surface area (Å²) < 4.78 is 0. The Balaban J connectivity index is 1.50. The van der Waals surface area contributed by atoms with Crippen LogP contribution in [0.15, 0.2) is 0 Å². The minimum atomic E-state index is 0.379. The molecule has 0 bridgehead atoms. The second kappa shape index (κ2) is 5.20. The van der Waals surface area contributed by atoms with Crippen molar-refractivity contribution in [3.63, 3.8) is 0 Å². The van der Waals surface area contributed by atoms with Gasteiger partial charge in [-0.25, -0.2) is 0 Å². The van der Waals surface area contributed by atoms with Gasteiger partial charge < -0.3 is 10.6 Å². The molecular formula is C15H26N2O. The molecule has 0 aromatic heterocycles. The highest BCUT2D eigenvalue weighted by atomic mass is 16.2. The summed E-state index contributed by atoms with van der Waals surface area (Å²) in [7, 11) is 0. The molecule has 2 aliphatic carbocycles. The number of amides is 1. The Morgan fingerprint density at radius 3 is 2.61 bits per heavy atom. The third kappa shape index (κ3) is 2.42. The molecule has 1 amide bonds. The van der Waals surface area contributed by atoms with Crippen molar-refractivity contribution in [3.8, 4) is 0 Å². The van der Waals surface area contributed by atoms with Gasteiger partial charge in [-0.15, -0.1) is 0 Å². The lowest BCUT2D eigenvalue weighted by Crippen LogP contribution is -2.32. The fourth-order valence-corrected chi connectivity index (χ4v) is 4.04. The fraction of sp³-hybridized carbons (Fsp3) is 0.933. The fourth-order valence-electron chi connectivity index (χ4n) is 4.04. The van der Waals surface area contributed by atoms with E-state index in [1.807, 2.05) is 0 Å². The van der Waals surface area contributed by atoms with E-state index in [0.717, 1.165) is 37.9 Å². The number of rotatable bonds is 3. The molecule has 3 aliphatic rings. The maximum atomic E-state index is 12.4. The normalized spacial score (nSPS) is 36.9. The van der Waals surface area contributed by atoms with E-state index in [-0.39, 0.29) is 0 Å². The largest absolute Gasteiger partial charge is 0.342 e. The molecule has 102 valence electrons. The third-order valence-corrected chi connectivity index (χ3v) is 5.34. The van der Waals surface area contributed by atoms with Crippen molar-refractivity contribution in [1.29, 1.82) is 0 Å². The van der Waals surface area contributed by atoms with E-state index < -0.39 is 0 Å². The van der Waals surface area contributed by atoms with Crippen molar-refractivity contribution in [3.05, 3.63) is 0 Å². The maximum Gasteiger partial charge on any atom is 0.225 e. The predicted octanol–water partition coefficient (Wildman–Crippen LogP) is 2.01. The summed E-state index contributed by atoms with van der Waals surface area (Å²) in [6.45, 7) is 2.61. The first kappa shape index (κ1) is 12.5. The van der Waals surface area contributed by atoms with Crippen molar-refractivity contribution in [1.82, 2.24) is 4.90 Å². The Morgan fingerprint density at radius 2 is 1.94 bits per heavy atom. The first-order chi connectivity index (χ1) is 8.79. The van der Waals surface area contributed by atoms with Crippen LogP contribution in [0.25, 0.3) is 0 Å². The molecule has 3 fully saturated rings. The molecule has 3 heteroatoms. The van der Waals surface area contributed by atoms with Crippen molar-refractivity contribution in [2.45, 2.75) is 44.9 Å². The van der Waals surface area contributed by atoms with Gasteiger partial charge in [0.1, 0.15) is 0 Å². The lowest BCUT2D eigenvalue weighted by Gasteiger charge is -2.22. The molecule has 3 nitrogen and oxygen atoms in total. The average molecular weight is 250 g/mol. The topological polar surface area (TPSA) is 46.3 Å². The molecule has 2 saturated carbocycles. The SMILES string of the molecule is NC[C@@H]1CCN(C(=O)[C@@H]2C[C@@H]2C2CCCCC2)C1. The van der Waals surface area contributed by atoms with E-state index in [1.54, 1.807) is 0 Å². The average Bonchev–Trinajstić information content (AvgIpc) is 3.08. The van der Waals surface area contributed by atoms with Gasteiger partial charge >= 0.3 is 0 Å². The number of nitrogens with zero attached hydrogens (tertiary/aromatic N) is 1. The molecule has 1 heterocycles. The first-order valence-corrected chi connectivity index (χ1v) is 7.78. The summed E-state index contributed by atoms with van der Waals surface area (Å²) in [5, 5.41) is 0. The van der Waals surface area contributed by atoms with Crippen LogP contribution in [0.3, 0.4) is 0 Å². The minimum Gasteiger partial charge on any atom is -0.342 e. The van der Waals surface area contributed by atoms with Crippen molar-refractivity contribution in [2.75, 3.05) is 19.6 Å². The van der Waals surface area contributed by atoms with E-state index in [1.165, 1.54) is 38.5 Å². The zero-order valence-corrected chi connectivity index (χ0v) is 11.3. The van der Waals surface area contributed by atoms with E-state index in [2.05, 4.69) is 4.90 Å². The zero-order chi connectivity index (χ0) is 12.5. The lowest BCUT2D eigenvalue weighted by atomic mass is 9.85. The summed E-state index contributed by atoms with van der Waals surface area (Å²) in [4.78, 5) is 14.5. The van der Waals surface area contributed by atoms with Crippen LogP contribution in [-0.4, -0.2) is 30.4 Å². The Morgan fingerprint density at radius 1 is 1.17 bits per heavy atom. The van der Waals surface area contributed by atoms with Crippen molar-refractivity contribution >= 4 is 5.91 Å². The van der Waals surface area contributed by atoms with E-state index >= 15 is 0 Å². The minimum absolute atomic E-state index is 0.379. The number of hydrogen-bond acceptors (Lipinski definition) is 2. The van der Waals surface area contributed by atoms with Crippen LogP contribution in [0, 0.1) is 23.7 Å². The Bertz CT molecular complexity index is 312. The number of likely N-dealkylation sites (tertiary alicyclic amines) is 1. The lowest BCUT2D eigenvalue weighted by molar-refractivity contribution is -0.132. The summed E-state index contributed by atoms with van der Waals surface area (Å²) in [5.41, 5.74) is 5.69. The van der Waals surface area contributed by atoms with Gasteiger partial charge in [0.25, 0.3) is 0 Å². The van der Waals surface area contributed by atoms with Crippen molar-refractivity contribution < 1.29 is 4.79 Å². The second-order valence-electron chi connectivity index (χ2n) is 6.58. The van der Waals surface area contributed by atoms with Crippen LogP contribution in [0.1, 0.15) is 44.9 Å². The number of hydrogen-bond donors (Lipinski definition) is 1. The van der Waals surface area contributed by atoms with Crippen LogP contribution in [0.2, 0.25) is 0 Å². The van der Waals surface area contributed by atoms with Crippen LogP contribution >= 0.6 is 0 Å². The molecule has 1 saturated heterocycles. The Labute approximate surface area is 110 Å². The van der Waals surface area contributed by atoms with Crippen LogP contribution in [-0.2, 0) is 4.79 Å². The van der Waals surface area contributed by atoms with E-state index in [0.29, 0.717) is 17.7 Å². The zero-order valence-electron chi connectivity index (χ0n) is 11.3. The summed E-state index contributed by atoms with van der Waals surface area (Å²) in [6.07, 6.45) is 9.23. The Hall–Kier alpha value is -0.570. The number of nitrogens with two attached hydrogens (primary N) is 1. The first-order valence-electron chi connectivity index (χ1n) is 7.78. The number of carbonyl (C=O) groups excluding carboxylic acids is 1. The molecule has 3 atom stereocenters. The molecule has 18 heavy (non-hydrogen) atoms. The molecule has 0 aromatic rings. The molecule has 3 rings (SSSR count). The summed E-state index contributed by atoms with van der Waals surface area (Å²) >= 11 is 0.